The van der Waals surface area contributed by atoms with Gasteiger partial charge in [-0.3, -0.25) is 0 Å². The molecule has 0 aliphatic rings. The van der Waals surface area contributed by atoms with Crippen LogP contribution in [0.15, 0.2) is 0 Å². The van der Waals surface area contributed by atoms with Crippen molar-refractivity contribution < 1.29 is 9.84 Å². The Kier molecular flexibility index (Phi) is 7.29. The Bertz CT molecular complexity index is 113. The molecule has 80 valence electrons. The third-order valence-corrected chi connectivity index (χ3v) is 2.54. The van der Waals surface area contributed by atoms with E-state index < -0.39 is 6.29 Å². The van der Waals surface area contributed by atoms with Crippen LogP contribution in [0.1, 0.15) is 47.0 Å². The minimum Gasteiger partial charge on any atom is -0.368 e. The molecule has 0 heterocycles. The van der Waals surface area contributed by atoms with E-state index in [9.17, 15) is 5.11 Å². The summed E-state index contributed by atoms with van der Waals surface area (Å²) >= 11 is 0. The van der Waals surface area contributed by atoms with Crippen LogP contribution < -0.4 is 0 Å². The topological polar surface area (TPSA) is 29.5 Å². The Morgan fingerprint density at radius 2 is 1.77 bits per heavy atom. The molecule has 0 aliphatic heterocycles. The van der Waals surface area contributed by atoms with Crippen molar-refractivity contribution >= 4 is 0 Å². The summed E-state index contributed by atoms with van der Waals surface area (Å²) in [5.74, 6) is 0.697. The first-order valence-corrected chi connectivity index (χ1v) is 5.39. The maximum atomic E-state index is 9.57. The Morgan fingerprint density at radius 1 is 1.15 bits per heavy atom. The van der Waals surface area contributed by atoms with Crippen molar-refractivity contribution in [3.8, 4) is 0 Å². The highest BCUT2D eigenvalue weighted by atomic mass is 16.6. The van der Waals surface area contributed by atoms with Crippen molar-refractivity contribution in [1.82, 2.24) is 0 Å². The zero-order valence-electron chi connectivity index (χ0n) is 9.42. The van der Waals surface area contributed by atoms with Gasteiger partial charge in [-0.25, -0.2) is 0 Å². The van der Waals surface area contributed by atoms with E-state index in [1.807, 2.05) is 6.92 Å². The van der Waals surface area contributed by atoms with E-state index in [2.05, 4.69) is 20.8 Å². The molecule has 0 amide bonds. The van der Waals surface area contributed by atoms with Crippen LogP contribution in [0.25, 0.3) is 0 Å². The minimum atomic E-state index is -0.586. The van der Waals surface area contributed by atoms with E-state index in [1.165, 1.54) is 12.8 Å². The molecule has 0 saturated heterocycles. The van der Waals surface area contributed by atoms with Gasteiger partial charge in [0.2, 0.25) is 0 Å². The second kappa shape index (κ2) is 7.34. The highest BCUT2D eigenvalue weighted by Gasteiger charge is 2.17. The van der Waals surface area contributed by atoms with Gasteiger partial charge in [-0.05, 0) is 12.3 Å². The number of rotatable bonds is 7. The number of aliphatic hydroxyl groups is 1. The number of hydrogen-bond donors (Lipinski definition) is 1. The van der Waals surface area contributed by atoms with E-state index in [4.69, 9.17) is 4.74 Å². The van der Waals surface area contributed by atoms with E-state index in [0.717, 1.165) is 6.42 Å². The van der Waals surface area contributed by atoms with Crippen LogP contribution in [-0.2, 0) is 4.74 Å². The molecular formula is C11H24O2. The molecule has 1 N–H and O–H groups in total. The summed E-state index contributed by atoms with van der Waals surface area (Å²) < 4.78 is 5.32. The summed E-state index contributed by atoms with van der Waals surface area (Å²) in [5, 5.41) is 9.57. The second-order valence-electron chi connectivity index (χ2n) is 4.07. The maximum absolute atomic E-state index is 9.57. The van der Waals surface area contributed by atoms with Gasteiger partial charge >= 0.3 is 0 Å². The first-order valence-electron chi connectivity index (χ1n) is 5.39. The smallest absolute Gasteiger partial charge is 0.157 e. The van der Waals surface area contributed by atoms with Gasteiger partial charge in [0.1, 0.15) is 0 Å². The zero-order chi connectivity index (χ0) is 10.3. The van der Waals surface area contributed by atoms with E-state index in [-0.39, 0.29) is 5.92 Å². The molecule has 0 spiro atoms. The number of hydrogen-bond acceptors (Lipinski definition) is 2. The first kappa shape index (κ1) is 12.9. The molecule has 0 aromatic heterocycles. The lowest BCUT2D eigenvalue weighted by molar-refractivity contribution is -0.139. The molecule has 2 unspecified atom stereocenters. The minimum absolute atomic E-state index is 0.224. The normalized spacial score (nSPS) is 16.2. The molecule has 2 heteroatoms. The van der Waals surface area contributed by atoms with Gasteiger partial charge in [-0.15, -0.1) is 0 Å². The van der Waals surface area contributed by atoms with Crippen molar-refractivity contribution in [3.63, 3.8) is 0 Å². The fourth-order valence-electron chi connectivity index (χ4n) is 1.04. The van der Waals surface area contributed by atoms with Gasteiger partial charge in [0.05, 0.1) is 0 Å². The molecule has 0 saturated carbocycles. The van der Waals surface area contributed by atoms with Crippen LogP contribution in [0.4, 0.5) is 0 Å². The largest absolute Gasteiger partial charge is 0.368 e. The lowest BCUT2D eigenvalue weighted by Crippen LogP contribution is -2.25. The summed E-state index contributed by atoms with van der Waals surface area (Å²) in [6, 6.07) is 0. The maximum Gasteiger partial charge on any atom is 0.157 e. The van der Waals surface area contributed by atoms with Gasteiger partial charge in [0, 0.05) is 12.5 Å². The van der Waals surface area contributed by atoms with E-state index in [1.54, 1.807) is 0 Å². The molecule has 2 nitrogen and oxygen atoms in total. The SMILES string of the molecule is CCCCCOC(O)C(C)C(C)C. The van der Waals surface area contributed by atoms with Gasteiger partial charge < -0.3 is 9.84 Å². The Morgan fingerprint density at radius 3 is 2.23 bits per heavy atom. The molecule has 0 rings (SSSR count). The highest BCUT2D eigenvalue weighted by Crippen LogP contribution is 2.15. The standard InChI is InChI=1S/C11H24O2/c1-5-6-7-8-13-11(12)10(4)9(2)3/h9-12H,5-8H2,1-4H3. The fourth-order valence-corrected chi connectivity index (χ4v) is 1.04. The predicted octanol–water partition coefficient (Wildman–Crippen LogP) is 2.80. The number of unbranched alkanes of at least 4 members (excludes halogenated alkanes) is 2. The van der Waals surface area contributed by atoms with Gasteiger partial charge in [-0.2, -0.15) is 0 Å². The first-order chi connectivity index (χ1) is 6.09. The Hall–Kier alpha value is -0.0800. The molecule has 13 heavy (non-hydrogen) atoms. The van der Waals surface area contributed by atoms with Gasteiger partial charge in [-0.1, -0.05) is 40.5 Å². The summed E-state index contributed by atoms with van der Waals surface area (Å²) in [6.07, 6.45) is 2.84. The van der Waals surface area contributed by atoms with Crippen LogP contribution in [0, 0.1) is 11.8 Å². The molecule has 0 radical (unpaired) electrons. The number of aliphatic hydroxyl groups excluding tert-OH is 1. The molecule has 0 aliphatic carbocycles. The summed E-state index contributed by atoms with van der Waals surface area (Å²) in [7, 11) is 0. The number of ether oxygens (including phenoxy) is 1. The van der Waals surface area contributed by atoms with Gasteiger partial charge in [0.15, 0.2) is 6.29 Å². The third-order valence-electron chi connectivity index (χ3n) is 2.54. The fraction of sp³-hybridized carbons (Fsp3) is 1.00. The Balaban J connectivity index is 3.44. The molecular weight excluding hydrogens is 164 g/mol. The molecule has 0 fully saturated rings. The van der Waals surface area contributed by atoms with Crippen molar-refractivity contribution in [1.29, 1.82) is 0 Å². The average molecular weight is 188 g/mol. The zero-order valence-corrected chi connectivity index (χ0v) is 9.42. The predicted molar refractivity (Wildman–Crippen MR) is 55.5 cm³/mol. The summed E-state index contributed by atoms with van der Waals surface area (Å²) in [6.45, 7) is 9.07. The highest BCUT2D eigenvalue weighted by molar-refractivity contribution is 4.59. The molecule has 0 aromatic rings. The molecule has 0 bridgehead atoms. The van der Waals surface area contributed by atoms with Crippen molar-refractivity contribution in [2.45, 2.75) is 53.2 Å². The molecule has 2 atom stereocenters. The van der Waals surface area contributed by atoms with Crippen LogP contribution in [0.5, 0.6) is 0 Å². The van der Waals surface area contributed by atoms with Crippen LogP contribution in [-0.4, -0.2) is 18.0 Å². The van der Waals surface area contributed by atoms with Crippen molar-refractivity contribution in [2.75, 3.05) is 6.61 Å². The lowest BCUT2D eigenvalue weighted by Gasteiger charge is -2.22. The van der Waals surface area contributed by atoms with E-state index >= 15 is 0 Å². The third kappa shape index (κ3) is 6.05. The summed E-state index contributed by atoms with van der Waals surface area (Å²) in [5.41, 5.74) is 0. The quantitative estimate of drug-likeness (QED) is 0.492. The van der Waals surface area contributed by atoms with Crippen LogP contribution in [0.2, 0.25) is 0 Å². The lowest BCUT2D eigenvalue weighted by atomic mass is 9.98. The second-order valence-corrected chi connectivity index (χ2v) is 4.07. The van der Waals surface area contributed by atoms with Crippen molar-refractivity contribution in [3.05, 3.63) is 0 Å². The molecule has 0 aromatic carbocycles. The van der Waals surface area contributed by atoms with Crippen molar-refractivity contribution in [2.24, 2.45) is 11.8 Å². The monoisotopic (exact) mass is 188 g/mol. The van der Waals surface area contributed by atoms with Crippen LogP contribution >= 0.6 is 0 Å². The Labute approximate surface area is 82.3 Å². The van der Waals surface area contributed by atoms with E-state index in [0.29, 0.717) is 12.5 Å². The summed E-state index contributed by atoms with van der Waals surface area (Å²) in [4.78, 5) is 0. The van der Waals surface area contributed by atoms with Crippen LogP contribution in [0.3, 0.4) is 0 Å². The average Bonchev–Trinajstić information content (AvgIpc) is 2.10. The van der Waals surface area contributed by atoms with Gasteiger partial charge in [0.25, 0.3) is 0 Å².